The van der Waals surface area contributed by atoms with Crippen molar-refractivity contribution in [2.45, 2.75) is 33.2 Å². The largest absolute Gasteiger partial charge is 0.454 e. The standard InChI is InChI=1S/C23H37N5O2.HI/c1-3-24-23(25-15-20-6-5-9-26(4-2)17-20)28-12-10-27(11-13-28)16-19-7-8-21-22(14-19)30-18-29-21;/h7-8,14,20H,3-6,9-13,15-18H2,1-2H3,(H,24,25);1H. The lowest BCUT2D eigenvalue weighted by Crippen LogP contribution is -2.52. The molecule has 0 saturated carbocycles. The third-order valence-electron chi connectivity index (χ3n) is 6.40. The van der Waals surface area contributed by atoms with Crippen LogP contribution >= 0.6 is 24.0 Å². The van der Waals surface area contributed by atoms with Gasteiger partial charge in [0, 0.05) is 52.4 Å². The van der Waals surface area contributed by atoms with Crippen LogP contribution in [0.3, 0.4) is 0 Å². The molecule has 1 unspecified atom stereocenters. The van der Waals surface area contributed by atoms with Crippen molar-refractivity contribution in [2.75, 3.05) is 65.7 Å². The summed E-state index contributed by atoms with van der Waals surface area (Å²) in [6.07, 6.45) is 2.62. The minimum absolute atomic E-state index is 0. The van der Waals surface area contributed by atoms with Crippen molar-refractivity contribution in [2.24, 2.45) is 10.9 Å². The van der Waals surface area contributed by atoms with Crippen LogP contribution in [0.15, 0.2) is 23.2 Å². The second-order valence-corrected chi connectivity index (χ2v) is 8.55. The van der Waals surface area contributed by atoms with Gasteiger partial charge in [-0.2, -0.15) is 0 Å². The normalized spacial score (nSPS) is 22.3. The first-order valence-corrected chi connectivity index (χ1v) is 11.6. The van der Waals surface area contributed by atoms with Gasteiger partial charge in [0.1, 0.15) is 0 Å². The third kappa shape index (κ3) is 6.61. The van der Waals surface area contributed by atoms with Crippen LogP contribution in [0.25, 0.3) is 0 Å². The van der Waals surface area contributed by atoms with E-state index in [4.69, 9.17) is 14.5 Å². The highest BCUT2D eigenvalue weighted by Gasteiger charge is 2.22. The number of rotatable bonds is 6. The molecule has 174 valence electrons. The number of hydrogen-bond donors (Lipinski definition) is 1. The van der Waals surface area contributed by atoms with Crippen molar-refractivity contribution in [3.8, 4) is 11.5 Å². The fourth-order valence-electron chi connectivity index (χ4n) is 4.64. The molecule has 0 spiro atoms. The molecule has 1 aromatic carbocycles. The molecule has 31 heavy (non-hydrogen) atoms. The molecular weight excluding hydrogens is 505 g/mol. The average Bonchev–Trinajstić information content (AvgIpc) is 3.25. The molecule has 7 nitrogen and oxygen atoms in total. The minimum Gasteiger partial charge on any atom is -0.454 e. The summed E-state index contributed by atoms with van der Waals surface area (Å²) >= 11 is 0. The molecule has 1 N–H and O–H groups in total. The van der Waals surface area contributed by atoms with Gasteiger partial charge in [-0.15, -0.1) is 24.0 Å². The van der Waals surface area contributed by atoms with Crippen LogP contribution in [0.5, 0.6) is 11.5 Å². The lowest BCUT2D eigenvalue weighted by Gasteiger charge is -2.37. The molecule has 2 saturated heterocycles. The number of halogens is 1. The Morgan fingerprint density at radius 3 is 2.65 bits per heavy atom. The van der Waals surface area contributed by atoms with E-state index in [9.17, 15) is 0 Å². The van der Waals surface area contributed by atoms with Crippen LogP contribution in [-0.2, 0) is 6.54 Å². The maximum atomic E-state index is 5.52. The quantitative estimate of drug-likeness (QED) is 0.339. The molecule has 3 aliphatic heterocycles. The number of benzene rings is 1. The van der Waals surface area contributed by atoms with Gasteiger partial charge in [0.2, 0.25) is 6.79 Å². The fourth-order valence-corrected chi connectivity index (χ4v) is 4.64. The van der Waals surface area contributed by atoms with Gasteiger partial charge >= 0.3 is 0 Å². The van der Waals surface area contributed by atoms with E-state index < -0.39 is 0 Å². The molecule has 0 aromatic heterocycles. The number of aliphatic imine (C=N–C) groups is 1. The van der Waals surface area contributed by atoms with Crippen LogP contribution in [0, 0.1) is 5.92 Å². The number of nitrogens with one attached hydrogen (secondary N) is 1. The van der Waals surface area contributed by atoms with Gasteiger partial charge in [0.05, 0.1) is 0 Å². The molecule has 0 bridgehead atoms. The highest BCUT2D eigenvalue weighted by Crippen LogP contribution is 2.32. The van der Waals surface area contributed by atoms with Gasteiger partial charge in [-0.1, -0.05) is 13.0 Å². The Morgan fingerprint density at radius 2 is 1.87 bits per heavy atom. The average molecular weight is 543 g/mol. The summed E-state index contributed by atoms with van der Waals surface area (Å²) in [7, 11) is 0. The van der Waals surface area contributed by atoms with E-state index in [1.54, 1.807) is 0 Å². The van der Waals surface area contributed by atoms with Crippen LogP contribution in [0.2, 0.25) is 0 Å². The summed E-state index contributed by atoms with van der Waals surface area (Å²) in [5, 5.41) is 3.52. The van der Waals surface area contributed by atoms with E-state index in [1.807, 2.05) is 6.07 Å². The predicted octanol–water partition coefficient (Wildman–Crippen LogP) is 2.85. The second kappa shape index (κ2) is 12.1. The molecule has 4 rings (SSSR count). The lowest BCUT2D eigenvalue weighted by atomic mass is 9.98. The molecule has 0 radical (unpaired) electrons. The Labute approximate surface area is 204 Å². The van der Waals surface area contributed by atoms with Gasteiger partial charge in [0.25, 0.3) is 0 Å². The molecular formula is C23H38IN5O2. The van der Waals surface area contributed by atoms with Gasteiger partial charge in [0.15, 0.2) is 17.5 Å². The molecule has 1 atom stereocenters. The first-order valence-electron chi connectivity index (χ1n) is 11.6. The number of piperidine rings is 1. The Bertz CT molecular complexity index is 724. The van der Waals surface area contributed by atoms with Gasteiger partial charge < -0.3 is 24.6 Å². The van der Waals surface area contributed by atoms with E-state index in [1.165, 1.54) is 31.5 Å². The third-order valence-corrected chi connectivity index (χ3v) is 6.40. The van der Waals surface area contributed by atoms with Crippen LogP contribution < -0.4 is 14.8 Å². The molecule has 1 aromatic rings. The number of piperazine rings is 1. The SMILES string of the molecule is CCNC(=NCC1CCCN(CC)C1)N1CCN(Cc2ccc3c(c2)OCO3)CC1.I. The number of ether oxygens (including phenoxy) is 2. The van der Waals surface area contributed by atoms with Crippen molar-refractivity contribution in [3.05, 3.63) is 23.8 Å². The molecule has 2 fully saturated rings. The Kier molecular flexibility index (Phi) is 9.52. The lowest BCUT2D eigenvalue weighted by molar-refractivity contribution is 0.169. The zero-order chi connectivity index (χ0) is 20.8. The van der Waals surface area contributed by atoms with Crippen molar-refractivity contribution in [1.82, 2.24) is 20.0 Å². The van der Waals surface area contributed by atoms with E-state index >= 15 is 0 Å². The summed E-state index contributed by atoms with van der Waals surface area (Å²) in [5.41, 5.74) is 1.28. The van der Waals surface area contributed by atoms with Gasteiger partial charge in [-0.05, 0) is 56.5 Å². The van der Waals surface area contributed by atoms with Gasteiger partial charge in [-0.3, -0.25) is 9.89 Å². The summed E-state index contributed by atoms with van der Waals surface area (Å²) in [6.45, 7) is 15.3. The molecule has 8 heteroatoms. The molecule has 3 aliphatic rings. The van der Waals surface area contributed by atoms with Crippen molar-refractivity contribution < 1.29 is 9.47 Å². The number of fused-ring (bicyclic) bond motifs is 1. The van der Waals surface area contributed by atoms with Crippen molar-refractivity contribution >= 4 is 29.9 Å². The Hall–Kier alpha value is -1.26. The Morgan fingerprint density at radius 1 is 1.06 bits per heavy atom. The first-order chi connectivity index (χ1) is 14.7. The molecule has 0 amide bonds. The monoisotopic (exact) mass is 543 g/mol. The summed E-state index contributed by atoms with van der Waals surface area (Å²) in [5.74, 6) is 3.51. The maximum Gasteiger partial charge on any atom is 0.231 e. The maximum absolute atomic E-state index is 5.52. The Balaban J connectivity index is 0.00000272. The molecule has 0 aliphatic carbocycles. The number of guanidine groups is 1. The zero-order valence-corrected chi connectivity index (χ0v) is 21.3. The summed E-state index contributed by atoms with van der Waals surface area (Å²) in [4.78, 5) is 12.5. The van der Waals surface area contributed by atoms with E-state index in [0.717, 1.165) is 69.8 Å². The summed E-state index contributed by atoms with van der Waals surface area (Å²) < 4.78 is 10.9. The fraction of sp³-hybridized carbons (Fsp3) is 0.696. The highest BCUT2D eigenvalue weighted by atomic mass is 127. The second-order valence-electron chi connectivity index (χ2n) is 8.55. The zero-order valence-electron chi connectivity index (χ0n) is 19.0. The summed E-state index contributed by atoms with van der Waals surface area (Å²) in [6, 6.07) is 6.29. The van der Waals surface area contributed by atoms with E-state index in [0.29, 0.717) is 12.7 Å². The number of likely N-dealkylation sites (tertiary alicyclic amines) is 1. The highest BCUT2D eigenvalue weighted by molar-refractivity contribution is 14.0. The predicted molar refractivity (Wildman–Crippen MR) is 136 cm³/mol. The van der Waals surface area contributed by atoms with E-state index in [2.05, 4.69) is 46.0 Å². The van der Waals surface area contributed by atoms with Crippen LogP contribution in [0.1, 0.15) is 32.3 Å². The number of nitrogens with zero attached hydrogens (tertiary/aromatic N) is 4. The van der Waals surface area contributed by atoms with E-state index in [-0.39, 0.29) is 24.0 Å². The topological polar surface area (TPSA) is 52.6 Å². The number of hydrogen-bond acceptors (Lipinski definition) is 5. The minimum atomic E-state index is 0. The molecule has 3 heterocycles. The smallest absolute Gasteiger partial charge is 0.231 e. The van der Waals surface area contributed by atoms with Crippen molar-refractivity contribution in [3.63, 3.8) is 0 Å². The van der Waals surface area contributed by atoms with Crippen molar-refractivity contribution in [1.29, 1.82) is 0 Å². The van der Waals surface area contributed by atoms with Gasteiger partial charge in [-0.25, -0.2) is 0 Å². The van der Waals surface area contributed by atoms with Crippen LogP contribution in [-0.4, -0.2) is 86.4 Å². The van der Waals surface area contributed by atoms with Crippen LogP contribution in [0.4, 0.5) is 0 Å². The first kappa shape index (κ1) is 24.4.